The molecule has 27 heavy (non-hydrogen) atoms. The molecule has 0 aliphatic carbocycles. The molecule has 0 aliphatic heterocycles. The Morgan fingerprint density at radius 2 is 1.78 bits per heavy atom. The van der Waals surface area contributed by atoms with E-state index in [4.69, 9.17) is 11.6 Å². The summed E-state index contributed by atoms with van der Waals surface area (Å²) in [5, 5.41) is 3.28. The molecule has 2 rings (SSSR count). The number of hydrogen-bond donors (Lipinski definition) is 1. The first-order chi connectivity index (χ1) is 12.7. The molecule has 1 amide bonds. The molecule has 146 valence electrons. The molecule has 0 unspecified atom stereocenters. The Labute approximate surface area is 166 Å². The van der Waals surface area contributed by atoms with Crippen molar-refractivity contribution in [2.75, 3.05) is 6.54 Å². The number of rotatable bonds is 8. The fourth-order valence-electron chi connectivity index (χ4n) is 2.48. The molecule has 0 saturated carbocycles. The van der Waals surface area contributed by atoms with Crippen LogP contribution in [0.5, 0.6) is 0 Å². The van der Waals surface area contributed by atoms with Gasteiger partial charge in [0.2, 0.25) is 15.9 Å². The van der Waals surface area contributed by atoms with Crippen molar-refractivity contribution in [3.05, 3.63) is 64.7 Å². The summed E-state index contributed by atoms with van der Waals surface area (Å²) in [5.41, 5.74) is 1.60. The second-order valence-electron chi connectivity index (χ2n) is 6.55. The van der Waals surface area contributed by atoms with E-state index in [-0.39, 0.29) is 29.9 Å². The van der Waals surface area contributed by atoms with Gasteiger partial charge in [0.25, 0.3) is 0 Å². The highest BCUT2D eigenvalue weighted by molar-refractivity contribution is 7.89. The van der Waals surface area contributed by atoms with Gasteiger partial charge in [-0.2, -0.15) is 4.31 Å². The van der Waals surface area contributed by atoms with Crippen LogP contribution in [-0.2, 0) is 21.4 Å². The van der Waals surface area contributed by atoms with Gasteiger partial charge in [0.05, 0.1) is 11.4 Å². The lowest BCUT2D eigenvalue weighted by Gasteiger charge is -2.23. The van der Waals surface area contributed by atoms with Crippen LogP contribution in [0.15, 0.2) is 53.4 Å². The third-order valence-corrected chi connectivity index (χ3v) is 6.48. The van der Waals surface area contributed by atoms with Crippen LogP contribution in [0.1, 0.15) is 31.4 Å². The highest BCUT2D eigenvalue weighted by atomic mass is 35.5. The number of sulfonamides is 1. The van der Waals surface area contributed by atoms with E-state index in [2.05, 4.69) is 5.32 Å². The fraction of sp³-hybridized carbons (Fsp3) is 0.350. The lowest BCUT2D eigenvalue weighted by atomic mass is 10.2. The maximum atomic E-state index is 13.2. The highest BCUT2D eigenvalue weighted by Gasteiger charge is 2.27. The number of carbonyl (C=O) groups excluding carboxylic acids is 1. The molecule has 0 bridgehead atoms. The molecule has 5 nitrogen and oxygen atoms in total. The van der Waals surface area contributed by atoms with E-state index in [9.17, 15) is 13.2 Å². The smallest absolute Gasteiger partial charge is 0.243 e. The second-order valence-corrected chi connectivity index (χ2v) is 8.90. The van der Waals surface area contributed by atoms with Gasteiger partial charge < -0.3 is 5.32 Å². The Balaban J connectivity index is 2.34. The van der Waals surface area contributed by atoms with Crippen LogP contribution in [0.2, 0.25) is 5.02 Å². The van der Waals surface area contributed by atoms with E-state index >= 15 is 0 Å². The number of aryl methyl sites for hydroxylation is 1. The number of nitrogens with one attached hydrogen (secondary N) is 1. The van der Waals surface area contributed by atoms with Gasteiger partial charge >= 0.3 is 0 Å². The Morgan fingerprint density at radius 3 is 2.37 bits per heavy atom. The molecule has 0 saturated heterocycles. The van der Waals surface area contributed by atoms with Gasteiger partial charge in [-0.3, -0.25) is 4.79 Å². The first kappa shape index (κ1) is 21.4. The van der Waals surface area contributed by atoms with Crippen molar-refractivity contribution in [2.24, 2.45) is 0 Å². The number of halogens is 1. The summed E-state index contributed by atoms with van der Waals surface area (Å²) in [6, 6.07) is 13.6. The normalized spacial score (nSPS) is 12.8. The molecule has 0 spiro atoms. The van der Waals surface area contributed by atoms with Crippen LogP contribution in [0.25, 0.3) is 0 Å². The number of hydrogen-bond acceptors (Lipinski definition) is 3. The van der Waals surface area contributed by atoms with E-state index in [0.717, 1.165) is 16.3 Å². The van der Waals surface area contributed by atoms with E-state index in [0.29, 0.717) is 10.6 Å². The van der Waals surface area contributed by atoms with Gasteiger partial charge in [-0.1, -0.05) is 54.4 Å². The molecule has 0 aliphatic rings. The number of benzene rings is 2. The number of nitrogens with zero attached hydrogens (tertiary/aromatic N) is 1. The third kappa shape index (κ3) is 5.79. The minimum absolute atomic E-state index is 0.0177. The molecule has 2 aromatic rings. The van der Waals surface area contributed by atoms with Crippen molar-refractivity contribution in [2.45, 2.75) is 44.7 Å². The third-order valence-electron chi connectivity index (χ3n) is 4.30. The SMILES string of the molecule is CC[C@H](C)NC(=O)CN(Cc1ccccc1Cl)S(=O)(=O)c1ccc(C)cc1. The summed E-state index contributed by atoms with van der Waals surface area (Å²) in [6.45, 7) is 5.47. The van der Waals surface area contributed by atoms with Crippen molar-refractivity contribution in [1.82, 2.24) is 9.62 Å². The Morgan fingerprint density at radius 1 is 1.15 bits per heavy atom. The molecule has 7 heteroatoms. The minimum atomic E-state index is -3.86. The van der Waals surface area contributed by atoms with E-state index in [1.165, 1.54) is 0 Å². The van der Waals surface area contributed by atoms with Crippen molar-refractivity contribution in [1.29, 1.82) is 0 Å². The predicted molar refractivity (Wildman–Crippen MR) is 108 cm³/mol. The quantitative estimate of drug-likeness (QED) is 0.723. The van der Waals surface area contributed by atoms with Crippen molar-refractivity contribution in [3.8, 4) is 0 Å². The predicted octanol–water partition coefficient (Wildman–Crippen LogP) is 3.75. The maximum Gasteiger partial charge on any atom is 0.243 e. The van der Waals surface area contributed by atoms with Gasteiger partial charge in [-0.25, -0.2) is 8.42 Å². The summed E-state index contributed by atoms with van der Waals surface area (Å²) in [4.78, 5) is 12.5. The van der Waals surface area contributed by atoms with Gasteiger partial charge in [-0.05, 0) is 44.0 Å². The molecule has 2 aromatic carbocycles. The molecular formula is C20H25ClN2O3S. The molecule has 1 atom stereocenters. The van der Waals surface area contributed by atoms with E-state index < -0.39 is 10.0 Å². The van der Waals surface area contributed by atoms with Gasteiger partial charge in [0.15, 0.2) is 0 Å². The van der Waals surface area contributed by atoms with Crippen LogP contribution in [0.4, 0.5) is 0 Å². The second kappa shape index (κ2) is 9.35. The number of carbonyl (C=O) groups is 1. The zero-order valence-electron chi connectivity index (χ0n) is 15.8. The van der Waals surface area contributed by atoms with Gasteiger partial charge in [0, 0.05) is 17.6 Å². The molecule has 0 radical (unpaired) electrons. The van der Waals surface area contributed by atoms with Crippen molar-refractivity contribution >= 4 is 27.5 Å². The lowest BCUT2D eigenvalue weighted by molar-refractivity contribution is -0.122. The molecule has 1 N–H and O–H groups in total. The van der Waals surface area contributed by atoms with Crippen LogP contribution < -0.4 is 5.32 Å². The topological polar surface area (TPSA) is 66.5 Å². The number of amides is 1. The Hall–Kier alpha value is -1.89. The maximum absolute atomic E-state index is 13.2. The largest absolute Gasteiger partial charge is 0.353 e. The summed E-state index contributed by atoms with van der Waals surface area (Å²) >= 11 is 6.21. The molecular weight excluding hydrogens is 384 g/mol. The molecule has 0 heterocycles. The highest BCUT2D eigenvalue weighted by Crippen LogP contribution is 2.22. The van der Waals surface area contributed by atoms with Crippen molar-refractivity contribution in [3.63, 3.8) is 0 Å². The van der Waals surface area contributed by atoms with Crippen molar-refractivity contribution < 1.29 is 13.2 Å². The minimum Gasteiger partial charge on any atom is -0.353 e. The molecule has 0 fully saturated rings. The summed E-state index contributed by atoms with van der Waals surface area (Å²) in [5.74, 6) is -0.341. The first-order valence-corrected chi connectivity index (χ1v) is 10.7. The average Bonchev–Trinajstić information content (AvgIpc) is 2.63. The zero-order chi connectivity index (χ0) is 20.0. The Bertz CT molecular complexity index is 882. The first-order valence-electron chi connectivity index (χ1n) is 8.83. The lowest BCUT2D eigenvalue weighted by Crippen LogP contribution is -2.43. The summed E-state index contributed by atoms with van der Waals surface area (Å²) in [6.07, 6.45) is 0.765. The van der Waals surface area contributed by atoms with Crippen LogP contribution in [-0.4, -0.2) is 31.2 Å². The van der Waals surface area contributed by atoms with Crippen LogP contribution >= 0.6 is 11.6 Å². The van der Waals surface area contributed by atoms with Crippen LogP contribution in [0.3, 0.4) is 0 Å². The summed E-state index contributed by atoms with van der Waals surface area (Å²) in [7, 11) is -3.86. The Kier molecular flexibility index (Phi) is 7.41. The zero-order valence-corrected chi connectivity index (χ0v) is 17.3. The average molecular weight is 409 g/mol. The fourth-order valence-corrected chi connectivity index (χ4v) is 4.05. The standard InChI is InChI=1S/C20H25ClN2O3S/c1-4-16(3)22-20(24)14-23(13-17-7-5-6-8-19(17)21)27(25,26)18-11-9-15(2)10-12-18/h5-12,16H,4,13-14H2,1-3H3,(H,22,24)/t16-/m0/s1. The van der Waals surface area contributed by atoms with Crippen LogP contribution in [0, 0.1) is 6.92 Å². The summed E-state index contributed by atoms with van der Waals surface area (Å²) < 4.78 is 27.5. The monoisotopic (exact) mass is 408 g/mol. The van der Waals surface area contributed by atoms with E-state index in [1.807, 2.05) is 20.8 Å². The molecule has 0 aromatic heterocycles. The van der Waals surface area contributed by atoms with E-state index in [1.54, 1.807) is 48.5 Å². The van der Waals surface area contributed by atoms with Gasteiger partial charge in [0.1, 0.15) is 0 Å². The van der Waals surface area contributed by atoms with Gasteiger partial charge in [-0.15, -0.1) is 0 Å².